The smallest absolute Gasteiger partial charge is 0.240 e. The molecule has 0 bridgehead atoms. The molecule has 8 nitrogen and oxygen atoms in total. The van der Waals surface area contributed by atoms with Gasteiger partial charge in [0.25, 0.3) is 0 Å². The molecule has 0 spiro atoms. The number of carbonyl (C=O) groups is 1. The minimum atomic E-state index is -3.69. The maximum Gasteiger partial charge on any atom is 0.240 e. The molecule has 2 N–H and O–H groups in total. The predicted molar refractivity (Wildman–Crippen MR) is 98.6 cm³/mol. The van der Waals surface area contributed by atoms with Gasteiger partial charge in [-0.05, 0) is 43.3 Å². The van der Waals surface area contributed by atoms with Gasteiger partial charge in [-0.2, -0.15) is 0 Å². The highest BCUT2D eigenvalue weighted by Gasteiger charge is 2.16. The van der Waals surface area contributed by atoms with Gasteiger partial charge in [-0.3, -0.25) is 4.79 Å². The second kappa shape index (κ2) is 8.28. The molecule has 0 atom stereocenters. The lowest BCUT2D eigenvalue weighted by molar-refractivity contribution is -0.116. The maximum atomic E-state index is 12.3. The first kappa shape index (κ1) is 19.0. The Labute approximate surface area is 157 Å². The lowest BCUT2D eigenvalue weighted by atomic mass is 10.2. The summed E-state index contributed by atoms with van der Waals surface area (Å²) < 4.78 is 42.7. The van der Waals surface area contributed by atoms with Gasteiger partial charge in [0.1, 0.15) is 5.75 Å². The van der Waals surface area contributed by atoms with Crippen LogP contribution in [0.1, 0.15) is 13.3 Å². The van der Waals surface area contributed by atoms with Gasteiger partial charge in [-0.15, -0.1) is 0 Å². The molecule has 0 aromatic heterocycles. The summed E-state index contributed by atoms with van der Waals surface area (Å²) in [5, 5.41) is 2.69. The summed E-state index contributed by atoms with van der Waals surface area (Å²) >= 11 is 0. The highest BCUT2D eigenvalue weighted by molar-refractivity contribution is 7.89. The van der Waals surface area contributed by atoms with Gasteiger partial charge in [0.2, 0.25) is 22.7 Å². The highest BCUT2D eigenvalue weighted by Crippen LogP contribution is 2.34. The maximum absolute atomic E-state index is 12.3. The Bertz CT molecular complexity index is 912. The molecule has 9 heteroatoms. The van der Waals surface area contributed by atoms with Crippen LogP contribution in [0.4, 0.5) is 5.69 Å². The number of hydrogen-bond donors (Lipinski definition) is 2. The van der Waals surface area contributed by atoms with E-state index in [4.69, 9.17) is 14.2 Å². The summed E-state index contributed by atoms with van der Waals surface area (Å²) in [7, 11) is -3.69. The molecule has 2 aromatic carbocycles. The van der Waals surface area contributed by atoms with Crippen LogP contribution >= 0.6 is 0 Å². The molecule has 27 heavy (non-hydrogen) atoms. The third-order valence-electron chi connectivity index (χ3n) is 3.75. The Balaban J connectivity index is 1.50. The Morgan fingerprint density at radius 1 is 1.11 bits per heavy atom. The van der Waals surface area contributed by atoms with Crippen LogP contribution in [0.5, 0.6) is 17.2 Å². The van der Waals surface area contributed by atoms with Crippen LogP contribution in [0.15, 0.2) is 47.4 Å². The summed E-state index contributed by atoms with van der Waals surface area (Å²) in [4.78, 5) is 12.1. The largest absolute Gasteiger partial charge is 0.494 e. The molecule has 0 saturated heterocycles. The van der Waals surface area contributed by atoms with Crippen molar-refractivity contribution >= 4 is 21.6 Å². The van der Waals surface area contributed by atoms with Crippen molar-refractivity contribution in [2.24, 2.45) is 0 Å². The monoisotopic (exact) mass is 392 g/mol. The lowest BCUT2D eigenvalue weighted by Crippen LogP contribution is -2.27. The first-order valence-electron chi connectivity index (χ1n) is 8.40. The van der Waals surface area contributed by atoms with E-state index in [9.17, 15) is 13.2 Å². The number of rotatable bonds is 8. The summed E-state index contributed by atoms with van der Waals surface area (Å²) in [6.07, 6.45) is -0.00922. The third kappa shape index (κ3) is 4.89. The molecule has 0 aliphatic carbocycles. The molecule has 1 aliphatic heterocycles. The molecule has 0 fully saturated rings. The van der Waals surface area contributed by atoms with E-state index in [1.807, 2.05) is 6.92 Å². The van der Waals surface area contributed by atoms with E-state index in [1.165, 1.54) is 12.1 Å². The Morgan fingerprint density at radius 2 is 1.85 bits per heavy atom. The zero-order chi connectivity index (χ0) is 19.3. The zero-order valence-corrected chi connectivity index (χ0v) is 15.5. The molecule has 0 unspecified atom stereocenters. The fraction of sp³-hybridized carbons (Fsp3) is 0.278. The van der Waals surface area contributed by atoms with E-state index in [0.717, 1.165) is 0 Å². The van der Waals surface area contributed by atoms with Crippen molar-refractivity contribution in [3.05, 3.63) is 42.5 Å². The van der Waals surface area contributed by atoms with Crippen LogP contribution in [0.2, 0.25) is 0 Å². The topological polar surface area (TPSA) is 103 Å². The van der Waals surface area contributed by atoms with Crippen molar-refractivity contribution in [1.29, 1.82) is 0 Å². The van der Waals surface area contributed by atoms with Gasteiger partial charge in [-0.1, -0.05) is 0 Å². The molecule has 1 heterocycles. The van der Waals surface area contributed by atoms with Gasteiger partial charge in [-0.25, -0.2) is 13.1 Å². The van der Waals surface area contributed by atoms with E-state index in [-0.39, 0.29) is 30.6 Å². The van der Waals surface area contributed by atoms with Crippen molar-refractivity contribution in [3.63, 3.8) is 0 Å². The van der Waals surface area contributed by atoms with Crippen LogP contribution in [0.25, 0.3) is 0 Å². The van der Waals surface area contributed by atoms with Crippen LogP contribution in [0.3, 0.4) is 0 Å². The number of nitrogens with one attached hydrogen (secondary N) is 2. The normalized spacial score (nSPS) is 12.6. The molecular formula is C18H20N2O6S. The summed E-state index contributed by atoms with van der Waals surface area (Å²) in [5.41, 5.74) is 0.554. The molecular weight excluding hydrogens is 372 g/mol. The number of hydrogen-bond acceptors (Lipinski definition) is 6. The Morgan fingerprint density at radius 3 is 2.59 bits per heavy atom. The van der Waals surface area contributed by atoms with Crippen molar-refractivity contribution in [1.82, 2.24) is 4.72 Å². The fourth-order valence-electron chi connectivity index (χ4n) is 2.46. The quantitative estimate of drug-likeness (QED) is 0.713. The second-order valence-corrected chi connectivity index (χ2v) is 7.44. The van der Waals surface area contributed by atoms with Crippen molar-refractivity contribution < 1.29 is 27.4 Å². The van der Waals surface area contributed by atoms with Crippen LogP contribution in [-0.4, -0.2) is 34.3 Å². The minimum Gasteiger partial charge on any atom is -0.494 e. The van der Waals surface area contributed by atoms with E-state index >= 15 is 0 Å². The van der Waals surface area contributed by atoms with Crippen molar-refractivity contribution in [3.8, 4) is 17.2 Å². The van der Waals surface area contributed by atoms with Crippen molar-refractivity contribution in [2.75, 3.05) is 25.3 Å². The average Bonchev–Trinajstić information content (AvgIpc) is 3.10. The number of carbonyl (C=O) groups excluding carboxylic acids is 1. The molecule has 144 valence electrons. The predicted octanol–water partition coefficient (Wildman–Crippen LogP) is 2.12. The minimum absolute atomic E-state index is 0.00922. The first-order chi connectivity index (χ1) is 13.0. The number of sulfonamides is 1. The van der Waals surface area contributed by atoms with E-state index < -0.39 is 10.0 Å². The number of amides is 1. The van der Waals surface area contributed by atoms with Crippen LogP contribution in [0, 0.1) is 0 Å². The molecule has 1 aliphatic rings. The third-order valence-corrected chi connectivity index (χ3v) is 5.22. The number of fused-ring (bicyclic) bond motifs is 1. The van der Waals surface area contributed by atoms with Crippen molar-refractivity contribution in [2.45, 2.75) is 18.2 Å². The summed E-state index contributed by atoms with van der Waals surface area (Å²) in [6.45, 7) is 2.48. The number of anilines is 1. The lowest BCUT2D eigenvalue weighted by Gasteiger charge is -2.09. The van der Waals surface area contributed by atoms with Crippen LogP contribution < -0.4 is 24.2 Å². The van der Waals surface area contributed by atoms with Gasteiger partial charge in [0.05, 0.1) is 11.5 Å². The second-order valence-electron chi connectivity index (χ2n) is 5.67. The molecule has 2 aromatic rings. The zero-order valence-electron chi connectivity index (χ0n) is 14.7. The Hall–Kier alpha value is -2.78. The van der Waals surface area contributed by atoms with Crippen LogP contribution in [-0.2, 0) is 14.8 Å². The Kier molecular flexibility index (Phi) is 5.82. The fourth-order valence-corrected chi connectivity index (χ4v) is 3.49. The van der Waals surface area contributed by atoms with Gasteiger partial charge in [0.15, 0.2) is 11.5 Å². The average molecular weight is 392 g/mol. The van der Waals surface area contributed by atoms with Gasteiger partial charge in [0, 0.05) is 24.7 Å². The van der Waals surface area contributed by atoms with Gasteiger partial charge < -0.3 is 19.5 Å². The number of ether oxygens (including phenoxy) is 3. The first-order valence-corrected chi connectivity index (χ1v) is 9.88. The molecule has 0 saturated carbocycles. The SMILES string of the molecule is CCOc1ccc(S(=O)(=O)NCCC(=O)Nc2ccc3c(c2)OCO3)cc1. The van der Waals surface area contributed by atoms with E-state index in [0.29, 0.717) is 29.5 Å². The van der Waals surface area contributed by atoms with E-state index in [1.54, 1.807) is 30.3 Å². The standard InChI is InChI=1S/C18H20N2O6S/c1-2-24-14-4-6-15(7-5-14)27(22,23)19-10-9-18(21)20-13-3-8-16-17(11-13)26-12-25-16/h3-8,11,19H,2,9-10,12H2,1H3,(H,20,21). The summed E-state index contributed by atoms with van der Waals surface area (Å²) in [5.74, 6) is 1.46. The summed E-state index contributed by atoms with van der Waals surface area (Å²) in [6, 6.07) is 11.1. The van der Waals surface area contributed by atoms with Gasteiger partial charge >= 0.3 is 0 Å². The molecule has 0 radical (unpaired) electrons. The molecule has 1 amide bonds. The molecule has 3 rings (SSSR count). The number of benzene rings is 2. The van der Waals surface area contributed by atoms with E-state index in [2.05, 4.69) is 10.0 Å². The highest BCUT2D eigenvalue weighted by atomic mass is 32.2.